The van der Waals surface area contributed by atoms with Crippen LogP contribution in [0.2, 0.25) is 0 Å². The molecule has 0 saturated heterocycles. The van der Waals surface area contributed by atoms with Crippen molar-refractivity contribution in [1.29, 1.82) is 0 Å². The first-order valence-electron chi connectivity index (χ1n) is 10.8. The summed E-state index contributed by atoms with van der Waals surface area (Å²) in [4.78, 5) is 14.5. The Balaban J connectivity index is 1.63. The molecule has 3 aromatic rings. The minimum atomic E-state index is 1.05. The Bertz CT molecular complexity index is 769. The topological polar surface area (TPSA) is 25.8 Å². The summed E-state index contributed by atoms with van der Waals surface area (Å²) in [5, 5.41) is 0. The van der Waals surface area contributed by atoms with Crippen molar-refractivity contribution in [3.8, 4) is 21.1 Å². The fourth-order valence-electron chi connectivity index (χ4n) is 3.38. The minimum absolute atomic E-state index is 1.05. The van der Waals surface area contributed by atoms with Gasteiger partial charge < -0.3 is 0 Å². The van der Waals surface area contributed by atoms with Crippen LogP contribution < -0.4 is 0 Å². The highest BCUT2D eigenvalue weighted by Crippen LogP contribution is 2.32. The van der Waals surface area contributed by atoms with Crippen molar-refractivity contribution in [2.45, 2.75) is 78.1 Å². The van der Waals surface area contributed by atoms with Crippen molar-refractivity contribution in [1.82, 2.24) is 9.97 Å². The van der Waals surface area contributed by atoms with Gasteiger partial charge in [-0.15, -0.1) is 22.7 Å². The van der Waals surface area contributed by atoms with E-state index in [4.69, 9.17) is 0 Å². The Morgan fingerprint density at radius 2 is 1.14 bits per heavy atom. The molecule has 0 aliphatic heterocycles. The van der Waals surface area contributed by atoms with E-state index in [1.807, 2.05) is 22.7 Å². The summed E-state index contributed by atoms with van der Waals surface area (Å²) in [6, 6.07) is 11.1. The number of rotatable bonds is 12. The van der Waals surface area contributed by atoms with Gasteiger partial charge in [0.2, 0.25) is 0 Å². The zero-order chi connectivity index (χ0) is 19.6. The van der Waals surface area contributed by atoms with Crippen LogP contribution in [0.3, 0.4) is 0 Å². The van der Waals surface area contributed by atoms with Crippen LogP contribution in [0.25, 0.3) is 21.1 Å². The van der Waals surface area contributed by atoms with E-state index in [0.29, 0.717) is 0 Å². The van der Waals surface area contributed by atoms with Crippen LogP contribution in [-0.2, 0) is 12.8 Å². The number of nitrogens with zero attached hydrogens (tertiary/aromatic N) is 2. The van der Waals surface area contributed by atoms with E-state index in [9.17, 15) is 0 Å². The normalized spacial score (nSPS) is 11.2. The van der Waals surface area contributed by atoms with Crippen molar-refractivity contribution < 1.29 is 0 Å². The van der Waals surface area contributed by atoms with E-state index >= 15 is 0 Å². The van der Waals surface area contributed by atoms with Crippen LogP contribution in [-0.4, -0.2) is 9.97 Å². The molecule has 0 radical (unpaired) electrons. The van der Waals surface area contributed by atoms with Gasteiger partial charge in [-0.1, -0.05) is 52.4 Å². The average molecular weight is 413 g/mol. The highest BCUT2D eigenvalue weighted by molar-refractivity contribution is 7.15. The molecule has 0 unspecified atom stereocenters. The molecule has 3 rings (SSSR count). The lowest BCUT2D eigenvalue weighted by atomic mass is 10.1. The van der Waals surface area contributed by atoms with Crippen LogP contribution in [0.15, 0.2) is 36.7 Å². The highest BCUT2D eigenvalue weighted by atomic mass is 32.1. The van der Waals surface area contributed by atoms with Crippen LogP contribution in [0.5, 0.6) is 0 Å². The lowest BCUT2D eigenvalue weighted by Crippen LogP contribution is -1.86. The van der Waals surface area contributed by atoms with Gasteiger partial charge in [0.15, 0.2) is 0 Å². The Labute approximate surface area is 178 Å². The first-order valence-corrected chi connectivity index (χ1v) is 12.4. The van der Waals surface area contributed by atoms with E-state index in [0.717, 1.165) is 11.4 Å². The third-order valence-corrected chi connectivity index (χ3v) is 7.38. The van der Waals surface area contributed by atoms with Crippen molar-refractivity contribution in [2.24, 2.45) is 0 Å². The van der Waals surface area contributed by atoms with Crippen molar-refractivity contribution in [3.05, 3.63) is 46.4 Å². The largest absolute Gasteiger partial charge is 0.235 e. The first-order chi connectivity index (χ1) is 13.8. The molecule has 0 fully saturated rings. The molecular formula is C24H32N2S2. The van der Waals surface area contributed by atoms with Gasteiger partial charge in [-0.2, -0.15) is 0 Å². The van der Waals surface area contributed by atoms with E-state index in [-0.39, 0.29) is 0 Å². The Morgan fingerprint density at radius 3 is 1.61 bits per heavy atom. The fraction of sp³-hybridized carbons (Fsp3) is 0.500. The molecule has 4 heteroatoms. The molecule has 0 aliphatic carbocycles. The maximum Gasteiger partial charge on any atom is 0.116 e. The standard InChI is InChI=1S/C24H32N2S2/c1-3-5-7-9-11-19-13-15-23(27-19)21-17-22(26-18-25-21)24-16-14-20(28-24)12-10-8-6-4-2/h13-18H,3-12H2,1-2H3. The Morgan fingerprint density at radius 1 is 0.643 bits per heavy atom. The molecule has 0 atom stereocenters. The smallest absolute Gasteiger partial charge is 0.116 e. The van der Waals surface area contributed by atoms with Crippen LogP contribution >= 0.6 is 22.7 Å². The van der Waals surface area contributed by atoms with Crippen molar-refractivity contribution in [2.75, 3.05) is 0 Å². The molecule has 0 N–H and O–H groups in total. The molecule has 0 amide bonds. The molecule has 0 saturated carbocycles. The summed E-state index contributed by atoms with van der Waals surface area (Å²) < 4.78 is 0. The zero-order valence-corrected chi connectivity index (χ0v) is 18.9. The number of aromatic nitrogens is 2. The predicted octanol–water partition coefficient (Wildman–Crippen LogP) is 8.18. The SMILES string of the molecule is CCCCCCc1ccc(-c2cc(-c3ccc(CCCCCC)s3)ncn2)s1. The molecule has 0 aliphatic rings. The molecule has 3 heterocycles. The second-order valence-corrected chi connectivity index (χ2v) is 9.78. The predicted molar refractivity (Wildman–Crippen MR) is 124 cm³/mol. The van der Waals surface area contributed by atoms with Gasteiger partial charge in [0.05, 0.1) is 21.1 Å². The van der Waals surface area contributed by atoms with Gasteiger partial charge in [-0.25, -0.2) is 9.97 Å². The quantitative estimate of drug-likeness (QED) is 0.280. The summed E-state index contributed by atoms with van der Waals surface area (Å²) in [5.41, 5.74) is 2.10. The fourth-order valence-corrected chi connectivity index (χ4v) is 5.41. The summed E-state index contributed by atoms with van der Waals surface area (Å²) in [5.74, 6) is 0. The maximum atomic E-state index is 4.54. The van der Waals surface area contributed by atoms with E-state index in [1.165, 1.54) is 83.7 Å². The number of unbranched alkanes of at least 4 members (excludes halogenated alkanes) is 6. The highest BCUT2D eigenvalue weighted by Gasteiger charge is 2.09. The maximum absolute atomic E-state index is 4.54. The van der Waals surface area contributed by atoms with Crippen LogP contribution in [0.4, 0.5) is 0 Å². The number of hydrogen-bond acceptors (Lipinski definition) is 4. The summed E-state index contributed by atoms with van der Waals surface area (Å²) >= 11 is 3.76. The second-order valence-electron chi connectivity index (χ2n) is 7.44. The molecule has 0 bridgehead atoms. The molecule has 0 aromatic carbocycles. The van der Waals surface area contributed by atoms with E-state index < -0.39 is 0 Å². The summed E-state index contributed by atoms with van der Waals surface area (Å²) in [6.07, 6.45) is 14.6. The Kier molecular flexibility index (Phi) is 8.69. The van der Waals surface area contributed by atoms with Crippen molar-refractivity contribution in [3.63, 3.8) is 0 Å². The molecular weight excluding hydrogens is 380 g/mol. The van der Waals surface area contributed by atoms with Gasteiger partial charge in [0.1, 0.15) is 6.33 Å². The third kappa shape index (κ3) is 6.25. The first kappa shape index (κ1) is 21.2. The lowest BCUT2D eigenvalue weighted by Gasteiger charge is -2.01. The Hall–Kier alpha value is -1.52. The van der Waals surface area contributed by atoms with E-state index in [2.05, 4.69) is 54.1 Å². The van der Waals surface area contributed by atoms with Gasteiger partial charge in [-0.3, -0.25) is 0 Å². The molecule has 150 valence electrons. The molecule has 28 heavy (non-hydrogen) atoms. The zero-order valence-electron chi connectivity index (χ0n) is 17.2. The average Bonchev–Trinajstić information content (AvgIpc) is 3.39. The second kappa shape index (κ2) is 11.5. The van der Waals surface area contributed by atoms with Crippen LogP contribution in [0.1, 0.15) is 75.0 Å². The number of aryl methyl sites for hydroxylation is 2. The summed E-state index contributed by atoms with van der Waals surface area (Å²) in [7, 11) is 0. The van der Waals surface area contributed by atoms with Gasteiger partial charge in [0, 0.05) is 9.75 Å². The lowest BCUT2D eigenvalue weighted by molar-refractivity contribution is 0.670. The third-order valence-electron chi connectivity index (χ3n) is 5.05. The monoisotopic (exact) mass is 412 g/mol. The number of hydrogen-bond donors (Lipinski definition) is 0. The molecule has 0 spiro atoms. The molecule has 2 nitrogen and oxygen atoms in total. The van der Waals surface area contributed by atoms with Crippen LogP contribution in [0, 0.1) is 0 Å². The van der Waals surface area contributed by atoms with E-state index in [1.54, 1.807) is 6.33 Å². The van der Waals surface area contributed by atoms with Crippen molar-refractivity contribution >= 4 is 22.7 Å². The summed E-state index contributed by atoms with van der Waals surface area (Å²) in [6.45, 7) is 4.53. The van der Waals surface area contributed by atoms with Gasteiger partial charge in [0.25, 0.3) is 0 Å². The minimum Gasteiger partial charge on any atom is -0.235 e. The van der Waals surface area contributed by atoms with Gasteiger partial charge >= 0.3 is 0 Å². The van der Waals surface area contributed by atoms with Gasteiger partial charge in [-0.05, 0) is 56.0 Å². The molecule has 3 aromatic heterocycles. The number of thiophene rings is 2.